The molecule has 274 valence electrons. The molecule has 2 saturated heterocycles. The van der Waals surface area contributed by atoms with Crippen molar-refractivity contribution in [2.45, 2.75) is 70.2 Å². The van der Waals surface area contributed by atoms with Crippen LogP contribution in [0.15, 0.2) is 103 Å². The lowest BCUT2D eigenvalue weighted by Gasteiger charge is -2.42. The summed E-state index contributed by atoms with van der Waals surface area (Å²) >= 11 is 0. The molecule has 0 aliphatic carbocycles. The highest BCUT2D eigenvalue weighted by molar-refractivity contribution is 5.90. The van der Waals surface area contributed by atoms with E-state index in [1.165, 1.54) is 5.56 Å². The van der Waals surface area contributed by atoms with Gasteiger partial charge in [-0.3, -0.25) is 14.5 Å². The van der Waals surface area contributed by atoms with E-state index in [1.807, 2.05) is 91.0 Å². The van der Waals surface area contributed by atoms with Gasteiger partial charge in [0.05, 0.1) is 18.8 Å². The van der Waals surface area contributed by atoms with Gasteiger partial charge < -0.3 is 24.8 Å². The Balaban J connectivity index is 1.18. The first-order chi connectivity index (χ1) is 25.0. The number of halogens is 3. The lowest BCUT2D eigenvalue weighted by atomic mass is 9.90. The Morgan fingerprint density at radius 3 is 2.25 bits per heavy atom. The van der Waals surface area contributed by atoms with E-state index in [-0.39, 0.29) is 44.2 Å². The third kappa shape index (κ3) is 8.73. The van der Waals surface area contributed by atoms with Crippen molar-refractivity contribution in [1.29, 1.82) is 0 Å². The van der Waals surface area contributed by atoms with Gasteiger partial charge in [0.2, 0.25) is 5.91 Å². The van der Waals surface area contributed by atoms with Crippen LogP contribution in [0.3, 0.4) is 0 Å². The monoisotopic (exact) mass is 715 g/mol. The number of carbonyl (C=O) groups excluding carboxylic acids is 2. The summed E-state index contributed by atoms with van der Waals surface area (Å²) in [5.41, 5.74) is 6.39. The quantitative estimate of drug-likeness (QED) is 0.175. The van der Waals surface area contributed by atoms with E-state index in [4.69, 9.17) is 9.47 Å². The third-order valence-electron chi connectivity index (χ3n) is 9.93. The number of alkyl halides is 3. The number of benzene rings is 4. The lowest BCUT2D eigenvalue weighted by Crippen LogP contribution is -2.50. The minimum atomic E-state index is -5.03. The molecule has 2 aliphatic heterocycles. The second kappa shape index (κ2) is 16.4. The van der Waals surface area contributed by atoms with Gasteiger partial charge in [0.15, 0.2) is 6.29 Å². The molecule has 2 amide bonds. The fourth-order valence-electron chi connectivity index (χ4n) is 7.12. The summed E-state index contributed by atoms with van der Waals surface area (Å²) in [5, 5.41) is 12.4. The van der Waals surface area contributed by atoms with E-state index in [9.17, 15) is 27.9 Å². The molecule has 6 rings (SSSR count). The van der Waals surface area contributed by atoms with E-state index in [0.29, 0.717) is 17.9 Å². The summed E-state index contributed by atoms with van der Waals surface area (Å²) < 4.78 is 52.7. The SMILES string of the molecule is C[C@H]1[C@@H](CN(C)Cc2ccccc2)O[C@@H](c2ccc(-c3ccccc3CNC(=O)[C@@H]3CCCN3C(=O)C(F)(F)F)cc2)O[C@H]1c1ccc(CO)cc1. The second-order valence-corrected chi connectivity index (χ2v) is 13.7. The number of rotatable bonds is 11. The highest BCUT2D eigenvalue weighted by Gasteiger charge is 2.47. The van der Waals surface area contributed by atoms with Crippen LogP contribution in [0.1, 0.15) is 60.0 Å². The van der Waals surface area contributed by atoms with E-state index in [2.05, 4.69) is 36.3 Å². The Labute approximate surface area is 302 Å². The molecule has 2 fully saturated rings. The zero-order chi connectivity index (χ0) is 36.8. The largest absolute Gasteiger partial charge is 0.471 e. The molecule has 0 spiro atoms. The lowest BCUT2D eigenvalue weighted by molar-refractivity contribution is -0.276. The molecular weight excluding hydrogens is 671 g/mol. The van der Waals surface area contributed by atoms with Gasteiger partial charge in [-0.2, -0.15) is 13.2 Å². The smallest absolute Gasteiger partial charge is 0.392 e. The molecule has 0 bridgehead atoms. The van der Waals surface area contributed by atoms with Crippen LogP contribution in [0.2, 0.25) is 0 Å². The average Bonchev–Trinajstić information content (AvgIpc) is 3.65. The van der Waals surface area contributed by atoms with E-state index in [1.54, 1.807) is 0 Å². The van der Waals surface area contributed by atoms with Gasteiger partial charge in [-0.15, -0.1) is 0 Å². The Kier molecular flexibility index (Phi) is 11.7. The van der Waals surface area contributed by atoms with Gasteiger partial charge in [-0.05, 0) is 53.3 Å². The number of hydrogen-bond donors (Lipinski definition) is 2. The van der Waals surface area contributed by atoms with Gasteiger partial charge >= 0.3 is 12.1 Å². The molecule has 4 aromatic rings. The van der Waals surface area contributed by atoms with Crippen molar-refractivity contribution in [3.05, 3.63) is 131 Å². The Bertz CT molecular complexity index is 1800. The molecule has 8 nitrogen and oxygen atoms in total. The minimum Gasteiger partial charge on any atom is -0.392 e. The highest BCUT2D eigenvalue weighted by atomic mass is 19.4. The summed E-state index contributed by atoms with van der Waals surface area (Å²) in [7, 11) is 2.08. The third-order valence-corrected chi connectivity index (χ3v) is 9.93. The summed E-state index contributed by atoms with van der Waals surface area (Å²) in [6.45, 7) is 3.54. The minimum absolute atomic E-state index is 0.0266. The molecule has 4 aromatic carbocycles. The summed E-state index contributed by atoms with van der Waals surface area (Å²) in [5.74, 6) is -2.56. The molecule has 0 aromatic heterocycles. The number of ether oxygens (including phenoxy) is 2. The normalized spacial score (nSPS) is 22.1. The van der Waals surface area contributed by atoms with Crippen LogP contribution in [0.25, 0.3) is 11.1 Å². The summed E-state index contributed by atoms with van der Waals surface area (Å²) in [6, 6.07) is 32.3. The maximum atomic E-state index is 13.1. The molecule has 0 radical (unpaired) electrons. The molecule has 2 aliphatic rings. The second-order valence-electron chi connectivity index (χ2n) is 13.7. The van der Waals surface area contributed by atoms with Crippen LogP contribution in [0.5, 0.6) is 0 Å². The van der Waals surface area contributed by atoms with Crippen molar-refractivity contribution in [1.82, 2.24) is 15.1 Å². The fraction of sp³-hybridized carbons (Fsp3) is 0.366. The van der Waals surface area contributed by atoms with Crippen molar-refractivity contribution in [2.75, 3.05) is 20.1 Å². The number of likely N-dealkylation sites (N-methyl/N-ethyl adjacent to an activating group) is 1. The van der Waals surface area contributed by atoms with Gasteiger partial charge in [0, 0.05) is 37.7 Å². The maximum absolute atomic E-state index is 13.1. The van der Waals surface area contributed by atoms with E-state index >= 15 is 0 Å². The summed E-state index contributed by atoms with van der Waals surface area (Å²) in [4.78, 5) is 27.7. The molecule has 2 heterocycles. The van der Waals surface area contributed by atoms with Crippen LogP contribution < -0.4 is 5.32 Å². The molecule has 0 unspecified atom stereocenters. The topological polar surface area (TPSA) is 91.3 Å². The van der Waals surface area contributed by atoms with E-state index < -0.39 is 30.3 Å². The Morgan fingerprint density at radius 1 is 0.885 bits per heavy atom. The molecular formula is C41H44F3N3O5. The van der Waals surface area contributed by atoms with Gasteiger partial charge in [-0.25, -0.2) is 0 Å². The number of aliphatic hydroxyl groups is 1. The number of aliphatic hydroxyl groups excluding tert-OH is 1. The number of hydrogen-bond acceptors (Lipinski definition) is 6. The fourth-order valence-corrected chi connectivity index (χ4v) is 7.12. The number of amides is 2. The zero-order valence-electron chi connectivity index (χ0n) is 29.3. The number of carbonyl (C=O) groups is 2. The molecule has 11 heteroatoms. The Hall–Kier alpha value is -4.55. The predicted molar refractivity (Wildman–Crippen MR) is 190 cm³/mol. The van der Waals surface area contributed by atoms with Crippen LogP contribution >= 0.6 is 0 Å². The first kappa shape index (κ1) is 37.2. The highest BCUT2D eigenvalue weighted by Crippen LogP contribution is 2.42. The predicted octanol–water partition coefficient (Wildman–Crippen LogP) is 6.94. The number of nitrogens with zero attached hydrogens (tertiary/aromatic N) is 2. The van der Waals surface area contributed by atoms with Crippen molar-refractivity contribution >= 4 is 11.8 Å². The van der Waals surface area contributed by atoms with Gasteiger partial charge in [0.1, 0.15) is 6.04 Å². The van der Waals surface area contributed by atoms with Crippen molar-refractivity contribution < 1.29 is 37.3 Å². The molecule has 0 saturated carbocycles. The first-order valence-corrected chi connectivity index (χ1v) is 17.6. The molecule has 5 atom stereocenters. The zero-order valence-corrected chi connectivity index (χ0v) is 29.3. The van der Waals surface area contributed by atoms with Crippen molar-refractivity contribution in [3.8, 4) is 11.1 Å². The first-order valence-electron chi connectivity index (χ1n) is 17.6. The number of nitrogens with one attached hydrogen (secondary N) is 1. The molecule has 52 heavy (non-hydrogen) atoms. The van der Waals surface area contributed by atoms with Crippen LogP contribution in [0, 0.1) is 5.92 Å². The van der Waals surface area contributed by atoms with Crippen LogP contribution in [-0.2, 0) is 38.8 Å². The average molecular weight is 716 g/mol. The van der Waals surface area contributed by atoms with Crippen LogP contribution in [-0.4, -0.2) is 65.2 Å². The summed E-state index contributed by atoms with van der Waals surface area (Å²) in [6.07, 6.45) is -5.57. The number of likely N-dealkylation sites (tertiary alicyclic amines) is 1. The van der Waals surface area contributed by atoms with Crippen molar-refractivity contribution in [3.63, 3.8) is 0 Å². The molecule has 2 N–H and O–H groups in total. The maximum Gasteiger partial charge on any atom is 0.471 e. The Morgan fingerprint density at radius 2 is 1.56 bits per heavy atom. The van der Waals surface area contributed by atoms with Gasteiger partial charge in [0.25, 0.3) is 0 Å². The van der Waals surface area contributed by atoms with Gasteiger partial charge in [-0.1, -0.05) is 110 Å². The standard InChI is InChI=1S/C41H44F3N3O5/c1-27-36(25-46(2)24-28-9-4-3-5-10-28)51-39(52-37(27)31-16-14-29(26-48)15-17-31)32-20-18-30(19-21-32)34-12-7-6-11-33(34)23-45-38(49)35-13-8-22-47(35)40(50)41(42,43)44/h3-7,9-12,14-21,27,35-37,39,48H,8,13,22-26H2,1-2H3,(H,45,49)/t27-,35-,36+,37+,39+/m0/s1. The van der Waals surface area contributed by atoms with Crippen molar-refractivity contribution in [2.24, 2.45) is 5.92 Å². The van der Waals surface area contributed by atoms with Crippen LogP contribution in [0.4, 0.5) is 13.2 Å². The van der Waals surface area contributed by atoms with E-state index in [0.717, 1.165) is 39.9 Å².